The third kappa shape index (κ3) is 4.75. The molecule has 6 nitrogen and oxygen atoms in total. The number of carbonyl (C=O) groups excluding carboxylic acids is 2. The van der Waals surface area contributed by atoms with E-state index in [-0.39, 0.29) is 5.91 Å². The van der Waals surface area contributed by atoms with Crippen molar-refractivity contribution in [2.24, 2.45) is 0 Å². The second-order valence-corrected chi connectivity index (χ2v) is 7.19. The highest BCUT2D eigenvalue weighted by atomic mass is 16.5. The Balaban J connectivity index is 1.50. The number of nitrogens with zero attached hydrogens (tertiary/aromatic N) is 2. The van der Waals surface area contributed by atoms with Crippen molar-refractivity contribution in [1.82, 2.24) is 15.1 Å². The summed E-state index contributed by atoms with van der Waals surface area (Å²) in [5, 5.41) is 2.97. The lowest BCUT2D eigenvalue weighted by Crippen LogP contribution is -2.51. The summed E-state index contributed by atoms with van der Waals surface area (Å²) in [5.74, 6) is -0.101. The second kappa shape index (κ2) is 9.03. The van der Waals surface area contributed by atoms with Crippen molar-refractivity contribution in [3.8, 4) is 0 Å². The predicted octanol–water partition coefficient (Wildman–Crippen LogP) is 2.52. The van der Waals surface area contributed by atoms with E-state index in [0.29, 0.717) is 19.5 Å². The average molecular weight is 359 g/mol. The Bertz CT molecular complexity index is 611. The van der Waals surface area contributed by atoms with Crippen molar-refractivity contribution < 1.29 is 14.3 Å². The number of carbonyl (C=O) groups is 2. The molecule has 1 atom stereocenters. The van der Waals surface area contributed by atoms with Crippen molar-refractivity contribution in [3.63, 3.8) is 0 Å². The fraction of sp³-hybridized carbons (Fsp3) is 0.600. The SMILES string of the molecule is COC(=O)N1CCCC[C@@H]1C(=O)NCc1ccc(CN2CCCC2)cc1. The maximum Gasteiger partial charge on any atom is 0.410 e. The Morgan fingerprint density at radius 3 is 2.38 bits per heavy atom. The van der Waals surface area contributed by atoms with Gasteiger partial charge in [-0.2, -0.15) is 0 Å². The zero-order valence-electron chi connectivity index (χ0n) is 15.6. The fourth-order valence-corrected chi connectivity index (χ4v) is 3.81. The van der Waals surface area contributed by atoms with Gasteiger partial charge in [-0.1, -0.05) is 24.3 Å². The van der Waals surface area contributed by atoms with Crippen LogP contribution in [-0.4, -0.2) is 54.6 Å². The number of ether oxygens (including phenoxy) is 1. The predicted molar refractivity (Wildman–Crippen MR) is 99.5 cm³/mol. The number of likely N-dealkylation sites (tertiary alicyclic amines) is 2. The van der Waals surface area contributed by atoms with Crippen LogP contribution in [0.2, 0.25) is 0 Å². The van der Waals surface area contributed by atoms with Crippen LogP contribution in [0.5, 0.6) is 0 Å². The first-order valence-corrected chi connectivity index (χ1v) is 9.60. The molecule has 3 rings (SSSR count). The van der Waals surface area contributed by atoms with Gasteiger partial charge in [-0.25, -0.2) is 4.79 Å². The van der Waals surface area contributed by atoms with E-state index in [1.807, 2.05) is 0 Å². The average Bonchev–Trinajstić information content (AvgIpc) is 3.19. The molecule has 26 heavy (non-hydrogen) atoms. The molecule has 2 aliphatic rings. The molecule has 1 aromatic rings. The van der Waals surface area contributed by atoms with E-state index in [9.17, 15) is 9.59 Å². The zero-order chi connectivity index (χ0) is 18.4. The molecule has 2 saturated heterocycles. The molecule has 0 aromatic heterocycles. The van der Waals surface area contributed by atoms with Crippen LogP contribution in [0.3, 0.4) is 0 Å². The molecule has 142 valence electrons. The smallest absolute Gasteiger partial charge is 0.410 e. The van der Waals surface area contributed by atoms with Crippen LogP contribution >= 0.6 is 0 Å². The van der Waals surface area contributed by atoms with Gasteiger partial charge in [0.15, 0.2) is 0 Å². The topological polar surface area (TPSA) is 61.9 Å². The first-order chi connectivity index (χ1) is 12.7. The summed E-state index contributed by atoms with van der Waals surface area (Å²) in [7, 11) is 1.36. The summed E-state index contributed by atoms with van der Waals surface area (Å²) in [6.45, 7) is 4.44. The minimum absolute atomic E-state index is 0.101. The van der Waals surface area contributed by atoms with Crippen molar-refractivity contribution in [2.45, 2.75) is 51.2 Å². The molecular formula is C20H29N3O3. The number of benzene rings is 1. The first kappa shape index (κ1) is 18.7. The van der Waals surface area contributed by atoms with Gasteiger partial charge in [0.1, 0.15) is 6.04 Å². The van der Waals surface area contributed by atoms with Gasteiger partial charge < -0.3 is 10.1 Å². The van der Waals surface area contributed by atoms with Gasteiger partial charge in [-0.15, -0.1) is 0 Å². The van der Waals surface area contributed by atoms with Gasteiger partial charge in [0.2, 0.25) is 5.91 Å². The third-order valence-electron chi connectivity index (χ3n) is 5.31. The van der Waals surface area contributed by atoms with E-state index in [1.54, 1.807) is 0 Å². The molecule has 0 unspecified atom stereocenters. The molecule has 0 spiro atoms. The maximum atomic E-state index is 12.5. The number of amides is 2. The molecule has 2 fully saturated rings. The molecule has 0 radical (unpaired) electrons. The minimum atomic E-state index is -0.425. The van der Waals surface area contributed by atoms with E-state index in [2.05, 4.69) is 34.5 Å². The van der Waals surface area contributed by atoms with Gasteiger partial charge in [0.05, 0.1) is 7.11 Å². The van der Waals surface area contributed by atoms with Gasteiger partial charge in [0.25, 0.3) is 0 Å². The van der Waals surface area contributed by atoms with Crippen LogP contribution in [0.4, 0.5) is 4.79 Å². The summed E-state index contributed by atoms with van der Waals surface area (Å²) >= 11 is 0. The molecule has 0 aliphatic carbocycles. The largest absolute Gasteiger partial charge is 0.453 e. The molecular weight excluding hydrogens is 330 g/mol. The quantitative estimate of drug-likeness (QED) is 0.878. The van der Waals surface area contributed by atoms with Crippen molar-refractivity contribution in [1.29, 1.82) is 0 Å². The highest BCUT2D eigenvalue weighted by molar-refractivity contribution is 5.85. The highest BCUT2D eigenvalue weighted by Crippen LogP contribution is 2.18. The summed E-state index contributed by atoms with van der Waals surface area (Å²) in [6.07, 6.45) is 4.74. The third-order valence-corrected chi connectivity index (χ3v) is 5.31. The standard InChI is InChI=1S/C20H29N3O3/c1-26-20(25)23-13-3-2-6-18(23)19(24)21-14-16-7-9-17(10-8-16)15-22-11-4-5-12-22/h7-10,18H,2-6,11-15H2,1H3,(H,21,24)/t18-/m1/s1. The number of nitrogens with one attached hydrogen (secondary N) is 1. The lowest BCUT2D eigenvalue weighted by atomic mass is 10.0. The van der Waals surface area contributed by atoms with Crippen LogP contribution in [-0.2, 0) is 22.6 Å². The first-order valence-electron chi connectivity index (χ1n) is 9.60. The lowest BCUT2D eigenvalue weighted by molar-refractivity contribution is -0.127. The Morgan fingerprint density at radius 2 is 1.69 bits per heavy atom. The van der Waals surface area contributed by atoms with E-state index in [0.717, 1.165) is 24.9 Å². The molecule has 6 heteroatoms. The van der Waals surface area contributed by atoms with Crippen LogP contribution in [0, 0.1) is 0 Å². The Hall–Kier alpha value is -2.08. The minimum Gasteiger partial charge on any atom is -0.453 e. The maximum absolute atomic E-state index is 12.5. The lowest BCUT2D eigenvalue weighted by Gasteiger charge is -2.33. The summed E-state index contributed by atoms with van der Waals surface area (Å²) in [4.78, 5) is 28.4. The van der Waals surface area contributed by atoms with Crippen LogP contribution < -0.4 is 5.32 Å². The van der Waals surface area contributed by atoms with Crippen molar-refractivity contribution in [2.75, 3.05) is 26.7 Å². The molecule has 1 aromatic carbocycles. The highest BCUT2D eigenvalue weighted by Gasteiger charge is 2.32. The number of hydrogen-bond acceptors (Lipinski definition) is 4. The molecule has 1 N–H and O–H groups in total. The molecule has 2 heterocycles. The van der Waals surface area contributed by atoms with Gasteiger partial charge in [-0.05, 0) is 56.3 Å². The summed E-state index contributed by atoms with van der Waals surface area (Å²) < 4.78 is 4.80. The van der Waals surface area contributed by atoms with E-state index >= 15 is 0 Å². The monoisotopic (exact) mass is 359 g/mol. The Kier molecular flexibility index (Phi) is 6.50. The molecule has 2 aliphatic heterocycles. The summed E-state index contributed by atoms with van der Waals surface area (Å²) in [6, 6.07) is 8.00. The number of piperidine rings is 1. The van der Waals surface area contributed by atoms with Gasteiger partial charge in [0, 0.05) is 19.6 Å². The van der Waals surface area contributed by atoms with Crippen LogP contribution in [0.15, 0.2) is 24.3 Å². The number of rotatable bonds is 5. The van der Waals surface area contributed by atoms with E-state index < -0.39 is 12.1 Å². The number of hydrogen-bond donors (Lipinski definition) is 1. The summed E-state index contributed by atoms with van der Waals surface area (Å²) in [5.41, 5.74) is 2.38. The van der Waals surface area contributed by atoms with E-state index in [1.165, 1.54) is 43.5 Å². The zero-order valence-corrected chi connectivity index (χ0v) is 15.6. The fourth-order valence-electron chi connectivity index (χ4n) is 3.81. The molecule has 0 saturated carbocycles. The number of methoxy groups -OCH3 is 1. The van der Waals surface area contributed by atoms with E-state index in [4.69, 9.17) is 4.74 Å². The Labute approximate surface area is 155 Å². The Morgan fingerprint density at radius 1 is 1.04 bits per heavy atom. The normalized spacial score (nSPS) is 20.8. The molecule has 2 amide bonds. The van der Waals surface area contributed by atoms with Crippen molar-refractivity contribution >= 4 is 12.0 Å². The van der Waals surface area contributed by atoms with Crippen LogP contribution in [0.1, 0.15) is 43.2 Å². The van der Waals surface area contributed by atoms with Gasteiger partial charge >= 0.3 is 6.09 Å². The van der Waals surface area contributed by atoms with Crippen molar-refractivity contribution in [3.05, 3.63) is 35.4 Å². The van der Waals surface area contributed by atoms with Crippen LogP contribution in [0.25, 0.3) is 0 Å². The molecule has 0 bridgehead atoms. The second-order valence-electron chi connectivity index (χ2n) is 7.19. The van der Waals surface area contributed by atoms with Gasteiger partial charge in [-0.3, -0.25) is 14.6 Å².